The summed E-state index contributed by atoms with van der Waals surface area (Å²) in [5.41, 5.74) is 0. The molecule has 0 radical (unpaired) electrons. The standard InChI is InChI=1S/C42H84O6/c1-3-5-7-9-11-13-15-17-18-19-21-23-25-27-29-31-33-44-34-35-45-36-37-46-38-39-47-40-41-48-42(43)32-30-28-26-24-22-20-16-14-12-10-8-6-4-2/h3-41H2,1-2H3. The molecule has 0 rings (SSSR count). The van der Waals surface area contributed by atoms with E-state index in [1.807, 2.05) is 0 Å². The molecule has 0 unspecified atom stereocenters. The minimum Gasteiger partial charge on any atom is -0.463 e. The molecular weight excluding hydrogens is 600 g/mol. The summed E-state index contributed by atoms with van der Waals surface area (Å²) in [5, 5.41) is 0. The highest BCUT2D eigenvalue weighted by Crippen LogP contribution is 2.15. The highest BCUT2D eigenvalue weighted by Gasteiger charge is 2.03. The maximum absolute atomic E-state index is 11.9. The maximum Gasteiger partial charge on any atom is 0.305 e. The van der Waals surface area contributed by atoms with Gasteiger partial charge in [0.25, 0.3) is 0 Å². The highest BCUT2D eigenvalue weighted by molar-refractivity contribution is 5.69. The number of hydrogen-bond donors (Lipinski definition) is 0. The second-order valence-electron chi connectivity index (χ2n) is 14.0. The van der Waals surface area contributed by atoms with Gasteiger partial charge in [-0.05, 0) is 12.8 Å². The average molecular weight is 685 g/mol. The molecule has 0 aliphatic heterocycles. The summed E-state index contributed by atoms with van der Waals surface area (Å²) >= 11 is 0. The van der Waals surface area contributed by atoms with E-state index >= 15 is 0 Å². The predicted octanol–water partition coefficient (Wildman–Crippen LogP) is 12.3. The number of esters is 1. The summed E-state index contributed by atoms with van der Waals surface area (Å²) in [6, 6.07) is 0. The van der Waals surface area contributed by atoms with Crippen LogP contribution in [0.5, 0.6) is 0 Å². The third kappa shape index (κ3) is 43.3. The number of rotatable bonds is 43. The normalized spacial score (nSPS) is 11.5. The maximum atomic E-state index is 11.9. The van der Waals surface area contributed by atoms with Gasteiger partial charge in [0, 0.05) is 13.0 Å². The lowest BCUT2D eigenvalue weighted by Crippen LogP contribution is -2.14. The molecule has 0 fully saturated rings. The van der Waals surface area contributed by atoms with Crippen molar-refractivity contribution >= 4 is 5.97 Å². The lowest BCUT2D eigenvalue weighted by molar-refractivity contribution is -0.145. The molecular formula is C42H84O6. The Labute approximate surface area is 299 Å². The van der Waals surface area contributed by atoms with E-state index in [0.717, 1.165) is 25.9 Å². The van der Waals surface area contributed by atoms with Gasteiger partial charge in [0.15, 0.2) is 0 Å². The van der Waals surface area contributed by atoms with Crippen LogP contribution in [-0.2, 0) is 28.5 Å². The number of unbranched alkanes of at least 4 members (excludes halogenated alkanes) is 27. The van der Waals surface area contributed by atoms with Crippen LogP contribution in [-0.4, -0.2) is 65.4 Å². The molecule has 48 heavy (non-hydrogen) atoms. The second kappa shape index (κ2) is 44.3. The summed E-state index contributed by atoms with van der Waals surface area (Å²) < 4.78 is 27.6. The third-order valence-electron chi connectivity index (χ3n) is 9.23. The Kier molecular flexibility index (Phi) is 43.7. The smallest absolute Gasteiger partial charge is 0.305 e. The van der Waals surface area contributed by atoms with Crippen molar-refractivity contribution < 1.29 is 28.5 Å². The Bertz CT molecular complexity index is 586. The first-order chi connectivity index (χ1) is 23.8. The molecule has 0 aromatic heterocycles. The summed E-state index contributed by atoms with van der Waals surface area (Å²) in [6.07, 6.45) is 39.8. The molecule has 0 spiro atoms. The Balaban J connectivity index is 3.12. The summed E-state index contributed by atoms with van der Waals surface area (Å²) in [4.78, 5) is 11.9. The largest absolute Gasteiger partial charge is 0.463 e. The van der Waals surface area contributed by atoms with Crippen molar-refractivity contribution in [2.45, 2.75) is 206 Å². The van der Waals surface area contributed by atoms with E-state index in [4.69, 9.17) is 23.7 Å². The number of carbonyl (C=O) groups is 1. The molecule has 6 nitrogen and oxygen atoms in total. The van der Waals surface area contributed by atoms with E-state index in [0.29, 0.717) is 59.3 Å². The summed E-state index contributed by atoms with van der Waals surface area (Å²) in [5.74, 6) is -0.107. The van der Waals surface area contributed by atoms with Crippen LogP contribution in [0, 0.1) is 0 Å². The van der Waals surface area contributed by atoms with Gasteiger partial charge in [-0.2, -0.15) is 0 Å². The Hall–Kier alpha value is -0.690. The van der Waals surface area contributed by atoms with E-state index in [9.17, 15) is 4.79 Å². The first-order valence-electron chi connectivity index (χ1n) is 21.3. The van der Waals surface area contributed by atoms with Gasteiger partial charge in [-0.25, -0.2) is 0 Å². The number of carbonyl (C=O) groups excluding carboxylic acids is 1. The number of hydrogen-bond acceptors (Lipinski definition) is 6. The summed E-state index contributed by atoms with van der Waals surface area (Å²) in [6.45, 7) is 9.54. The fourth-order valence-electron chi connectivity index (χ4n) is 6.09. The van der Waals surface area contributed by atoms with E-state index in [-0.39, 0.29) is 5.97 Å². The van der Waals surface area contributed by atoms with Crippen molar-refractivity contribution in [2.75, 3.05) is 59.5 Å². The second-order valence-corrected chi connectivity index (χ2v) is 14.0. The zero-order valence-electron chi connectivity index (χ0n) is 32.5. The molecule has 0 saturated heterocycles. The van der Waals surface area contributed by atoms with Crippen molar-refractivity contribution in [1.82, 2.24) is 0 Å². The fourth-order valence-corrected chi connectivity index (χ4v) is 6.09. The van der Waals surface area contributed by atoms with E-state index < -0.39 is 0 Å². The van der Waals surface area contributed by atoms with Gasteiger partial charge in [0.05, 0.1) is 46.2 Å². The molecule has 0 atom stereocenters. The molecule has 0 aliphatic carbocycles. The monoisotopic (exact) mass is 685 g/mol. The Morgan fingerprint density at radius 1 is 0.292 bits per heavy atom. The van der Waals surface area contributed by atoms with Gasteiger partial charge in [0.1, 0.15) is 6.61 Å². The van der Waals surface area contributed by atoms with E-state index in [1.165, 1.54) is 167 Å². The minimum atomic E-state index is -0.107. The van der Waals surface area contributed by atoms with E-state index in [2.05, 4.69) is 13.8 Å². The van der Waals surface area contributed by atoms with Crippen LogP contribution in [0.2, 0.25) is 0 Å². The molecule has 0 saturated carbocycles. The van der Waals surface area contributed by atoms with Crippen LogP contribution in [0.25, 0.3) is 0 Å². The zero-order valence-corrected chi connectivity index (χ0v) is 32.5. The first kappa shape index (κ1) is 47.3. The van der Waals surface area contributed by atoms with Crippen LogP contribution in [0.3, 0.4) is 0 Å². The SMILES string of the molecule is CCCCCCCCCCCCCCCCCCOCCOCCOCCOCCOC(=O)CCCCCCCCCCCCCCC. The lowest BCUT2D eigenvalue weighted by atomic mass is 10.0. The highest BCUT2D eigenvalue weighted by atomic mass is 16.6. The quantitative estimate of drug-likeness (QED) is 0.0470. The van der Waals surface area contributed by atoms with Crippen molar-refractivity contribution in [2.24, 2.45) is 0 Å². The molecule has 0 aliphatic rings. The molecule has 0 heterocycles. The van der Waals surface area contributed by atoms with Crippen LogP contribution < -0.4 is 0 Å². The van der Waals surface area contributed by atoms with Crippen LogP contribution >= 0.6 is 0 Å². The van der Waals surface area contributed by atoms with Gasteiger partial charge in [-0.1, -0.05) is 187 Å². The Morgan fingerprint density at radius 2 is 0.542 bits per heavy atom. The van der Waals surface area contributed by atoms with Crippen molar-refractivity contribution in [3.8, 4) is 0 Å². The summed E-state index contributed by atoms with van der Waals surface area (Å²) in [7, 11) is 0. The lowest BCUT2D eigenvalue weighted by Gasteiger charge is -2.08. The zero-order chi connectivity index (χ0) is 34.7. The average Bonchev–Trinajstić information content (AvgIpc) is 3.09. The molecule has 0 aromatic rings. The molecule has 0 amide bonds. The van der Waals surface area contributed by atoms with Gasteiger partial charge in [0.2, 0.25) is 0 Å². The molecule has 6 heteroatoms. The first-order valence-corrected chi connectivity index (χ1v) is 21.3. The minimum absolute atomic E-state index is 0.107. The molecule has 0 N–H and O–H groups in total. The van der Waals surface area contributed by atoms with Gasteiger partial charge >= 0.3 is 5.97 Å². The predicted molar refractivity (Wildman–Crippen MR) is 204 cm³/mol. The van der Waals surface area contributed by atoms with Crippen LogP contribution in [0.1, 0.15) is 206 Å². The topological polar surface area (TPSA) is 63.2 Å². The number of ether oxygens (including phenoxy) is 5. The van der Waals surface area contributed by atoms with Crippen molar-refractivity contribution in [3.63, 3.8) is 0 Å². The Morgan fingerprint density at radius 3 is 0.875 bits per heavy atom. The van der Waals surface area contributed by atoms with Gasteiger partial charge < -0.3 is 23.7 Å². The van der Waals surface area contributed by atoms with Crippen LogP contribution in [0.4, 0.5) is 0 Å². The van der Waals surface area contributed by atoms with E-state index in [1.54, 1.807) is 0 Å². The van der Waals surface area contributed by atoms with Gasteiger partial charge in [-0.15, -0.1) is 0 Å². The molecule has 0 aromatic carbocycles. The molecule has 0 bridgehead atoms. The van der Waals surface area contributed by atoms with Crippen LogP contribution in [0.15, 0.2) is 0 Å². The fraction of sp³-hybridized carbons (Fsp3) is 0.976. The van der Waals surface area contributed by atoms with Crippen molar-refractivity contribution in [1.29, 1.82) is 0 Å². The van der Waals surface area contributed by atoms with Crippen molar-refractivity contribution in [3.05, 3.63) is 0 Å². The third-order valence-corrected chi connectivity index (χ3v) is 9.23. The molecule has 288 valence electrons. The van der Waals surface area contributed by atoms with Gasteiger partial charge in [-0.3, -0.25) is 4.79 Å².